The molecular weight excluding hydrogens is 200 g/mol. The van der Waals surface area contributed by atoms with Gasteiger partial charge in [0.2, 0.25) is 0 Å². The first kappa shape index (κ1) is 11.1. The summed E-state index contributed by atoms with van der Waals surface area (Å²) in [6.07, 6.45) is -1.78. The number of aliphatic hydroxyl groups is 2. The molecule has 1 aromatic rings. The smallest absolute Gasteiger partial charge is 0.110 e. The van der Waals surface area contributed by atoms with Crippen molar-refractivity contribution < 1.29 is 10.2 Å². The topological polar surface area (TPSA) is 76.3 Å². The molecule has 5 heteroatoms. The molecule has 76 valence electrons. The van der Waals surface area contributed by atoms with Crippen molar-refractivity contribution in [3.63, 3.8) is 0 Å². The van der Waals surface area contributed by atoms with E-state index >= 15 is 0 Å². The molecule has 0 aliphatic heterocycles. The van der Waals surface area contributed by atoms with E-state index < -0.39 is 12.2 Å². The quantitative estimate of drug-likeness (QED) is 0.668. The minimum absolute atomic E-state index is 0.318. The van der Waals surface area contributed by atoms with Gasteiger partial charge in [0.15, 0.2) is 0 Å². The van der Waals surface area contributed by atoms with Crippen molar-refractivity contribution in [1.82, 2.24) is 5.32 Å². The molecule has 0 bridgehead atoms. The van der Waals surface area contributed by atoms with E-state index in [0.29, 0.717) is 17.0 Å². The second-order valence-electron chi connectivity index (χ2n) is 2.93. The Balaban J connectivity index is 2.69. The van der Waals surface area contributed by atoms with Gasteiger partial charge in [0.1, 0.15) is 17.1 Å². The van der Waals surface area contributed by atoms with Crippen LogP contribution in [0.4, 0.5) is 0 Å². The van der Waals surface area contributed by atoms with Crippen LogP contribution in [0, 0.1) is 11.3 Å². The molecule has 14 heavy (non-hydrogen) atoms. The summed E-state index contributed by atoms with van der Waals surface area (Å²) in [6.45, 7) is 0.318. The van der Waals surface area contributed by atoms with E-state index in [1.807, 2.05) is 6.07 Å². The largest absolute Gasteiger partial charge is 0.389 e. The normalized spacial score (nSPS) is 14.7. The molecule has 1 rings (SSSR count). The van der Waals surface area contributed by atoms with Gasteiger partial charge in [-0.05, 0) is 24.1 Å². The molecule has 2 atom stereocenters. The van der Waals surface area contributed by atoms with Crippen molar-refractivity contribution in [1.29, 1.82) is 5.26 Å². The fourth-order valence-corrected chi connectivity index (χ4v) is 1.83. The van der Waals surface area contributed by atoms with Gasteiger partial charge in [0.25, 0.3) is 0 Å². The molecule has 2 unspecified atom stereocenters. The van der Waals surface area contributed by atoms with Crippen LogP contribution in [0.3, 0.4) is 0 Å². The van der Waals surface area contributed by atoms with E-state index in [-0.39, 0.29) is 0 Å². The van der Waals surface area contributed by atoms with Gasteiger partial charge in [0, 0.05) is 6.54 Å². The Hall–Kier alpha value is -0.930. The highest BCUT2D eigenvalue weighted by Crippen LogP contribution is 2.22. The van der Waals surface area contributed by atoms with Crippen LogP contribution in [0.1, 0.15) is 16.5 Å². The van der Waals surface area contributed by atoms with Crippen LogP contribution in [0.2, 0.25) is 0 Å². The summed E-state index contributed by atoms with van der Waals surface area (Å²) in [5.74, 6) is 0. The number of hydrogen-bond acceptors (Lipinski definition) is 5. The molecule has 1 heterocycles. The molecule has 3 N–H and O–H groups in total. The Morgan fingerprint density at radius 1 is 1.64 bits per heavy atom. The zero-order chi connectivity index (χ0) is 10.6. The standard InChI is InChI=1S/C9H12N2O2S/c1-11-4-8(12)9(13)6-2-7(3-10)14-5-6/h2,5,8-9,11-13H,4H2,1H3. The lowest BCUT2D eigenvalue weighted by Crippen LogP contribution is -2.29. The molecule has 0 aliphatic carbocycles. The second-order valence-corrected chi connectivity index (χ2v) is 3.84. The maximum atomic E-state index is 9.64. The van der Waals surface area contributed by atoms with Gasteiger partial charge in [-0.15, -0.1) is 11.3 Å². The summed E-state index contributed by atoms with van der Waals surface area (Å²) < 4.78 is 0. The number of hydrogen-bond donors (Lipinski definition) is 3. The minimum atomic E-state index is -0.930. The fraction of sp³-hybridized carbons (Fsp3) is 0.444. The van der Waals surface area contributed by atoms with Crippen LogP contribution in [-0.2, 0) is 0 Å². The van der Waals surface area contributed by atoms with E-state index in [1.54, 1.807) is 18.5 Å². The van der Waals surface area contributed by atoms with Gasteiger partial charge in [0.05, 0.1) is 6.10 Å². The van der Waals surface area contributed by atoms with Crippen LogP contribution in [-0.4, -0.2) is 29.9 Å². The number of nitrogens with one attached hydrogen (secondary N) is 1. The summed E-state index contributed by atoms with van der Waals surface area (Å²) in [5, 5.41) is 32.1. The summed E-state index contributed by atoms with van der Waals surface area (Å²) in [6, 6.07) is 3.57. The SMILES string of the molecule is CNCC(O)C(O)c1csc(C#N)c1. The van der Waals surface area contributed by atoms with E-state index in [1.165, 1.54) is 11.3 Å². The zero-order valence-electron chi connectivity index (χ0n) is 7.77. The Morgan fingerprint density at radius 2 is 2.36 bits per heavy atom. The minimum Gasteiger partial charge on any atom is -0.389 e. The van der Waals surface area contributed by atoms with E-state index in [4.69, 9.17) is 5.26 Å². The number of nitriles is 1. The maximum absolute atomic E-state index is 9.64. The van der Waals surface area contributed by atoms with Gasteiger partial charge < -0.3 is 15.5 Å². The van der Waals surface area contributed by atoms with Crippen molar-refractivity contribution in [2.45, 2.75) is 12.2 Å². The highest BCUT2D eigenvalue weighted by Gasteiger charge is 2.18. The first-order valence-corrected chi connectivity index (χ1v) is 5.06. The maximum Gasteiger partial charge on any atom is 0.110 e. The highest BCUT2D eigenvalue weighted by atomic mass is 32.1. The van der Waals surface area contributed by atoms with Crippen LogP contribution >= 0.6 is 11.3 Å². The number of rotatable bonds is 4. The van der Waals surface area contributed by atoms with Crippen molar-refractivity contribution in [2.75, 3.05) is 13.6 Å². The number of aliphatic hydroxyl groups excluding tert-OH is 2. The lowest BCUT2D eigenvalue weighted by Gasteiger charge is -2.15. The summed E-state index contributed by atoms with van der Waals surface area (Å²) in [4.78, 5) is 0.538. The summed E-state index contributed by atoms with van der Waals surface area (Å²) in [7, 11) is 1.70. The number of nitrogens with zero attached hydrogens (tertiary/aromatic N) is 1. The predicted octanol–water partition coefficient (Wildman–Crippen LogP) is 0.233. The van der Waals surface area contributed by atoms with Gasteiger partial charge in [-0.25, -0.2) is 0 Å². The number of likely N-dealkylation sites (N-methyl/N-ethyl adjacent to an activating group) is 1. The summed E-state index contributed by atoms with van der Waals surface area (Å²) in [5.41, 5.74) is 0.592. The van der Waals surface area contributed by atoms with Gasteiger partial charge >= 0.3 is 0 Å². The Labute approximate surface area is 86.4 Å². The molecule has 0 aliphatic rings. The molecule has 1 aromatic heterocycles. The third-order valence-corrected chi connectivity index (χ3v) is 2.70. The lowest BCUT2D eigenvalue weighted by atomic mass is 10.1. The summed E-state index contributed by atoms with van der Waals surface area (Å²) >= 11 is 1.26. The van der Waals surface area contributed by atoms with Crippen molar-refractivity contribution >= 4 is 11.3 Å². The molecule has 0 fully saturated rings. The van der Waals surface area contributed by atoms with Crippen LogP contribution in [0.5, 0.6) is 0 Å². The van der Waals surface area contributed by atoms with Crippen LogP contribution < -0.4 is 5.32 Å². The molecule has 0 radical (unpaired) electrons. The first-order valence-electron chi connectivity index (χ1n) is 4.18. The van der Waals surface area contributed by atoms with Gasteiger partial charge in [-0.3, -0.25) is 0 Å². The van der Waals surface area contributed by atoms with E-state index in [0.717, 1.165) is 0 Å². The predicted molar refractivity (Wildman–Crippen MR) is 53.9 cm³/mol. The molecule has 4 nitrogen and oxygen atoms in total. The highest BCUT2D eigenvalue weighted by molar-refractivity contribution is 7.10. The van der Waals surface area contributed by atoms with Crippen molar-refractivity contribution in [2.24, 2.45) is 0 Å². The molecular formula is C9H12N2O2S. The van der Waals surface area contributed by atoms with E-state index in [9.17, 15) is 10.2 Å². The second kappa shape index (κ2) is 5.08. The Morgan fingerprint density at radius 3 is 2.86 bits per heavy atom. The monoisotopic (exact) mass is 212 g/mol. The van der Waals surface area contributed by atoms with Crippen LogP contribution in [0.15, 0.2) is 11.4 Å². The molecule has 0 amide bonds. The third-order valence-electron chi connectivity index (χ3n) is 1.85. The third kappa shape index (κ3) is 2.53. The molecule has 0 saturated heterocycles. The average molecular weight is 212 g/mol. The zero-order valence-corrected chi connectivity index (χ0v) is 8.58. The van der Waals surface area contributed by atoms with Crippen molar-refractivity contribution in [3.8, 4) is 6.07 Å². The Kier molecular flexibility index (Phi) is 4.04. The molecule has 0 aromatic carbocycles. The fourth-order valence-electron chi connectivity index (χ4n) is 1.11. The van der Waals surface area contributed by atoms with E-state index in [2.05, 4.69) is 5.32 Å². The van der Waals surface area contributed by atoms with Crippen molar-refractivity contribution in [3.05, 3.63) is 21.9 Å². The first-order chi connectivity index (χ1) is 6.69. The molecule has 0 spiro atoms. The molecule has 0 saturated carbocycles. The lowest BCUT2D eigenvalue weighted by molar-refractivity contribution is 0.0205. The van der Waals surface area contributed by atoms with Gasteiger partial charge in [-0.2, -0.15) is 5.26 Å². The average Bonchev–Trinajstić information content (AvgIpc) is 2.65. The Bertz CT molecular complexity index is 332. The van der Waals surface area contributed by atoms with Gasteiger partial charge in [-0.1, -0.05) is 0 Å². The number of thiophene rings is 1. The van der Waals surface area contributed by atoms with Crippen LogP contribution in [0.25, 0.3) is 0 Å².